The van der Waals surface area contributed by atoms with Gasteiger partial charge in [-0.2, -0.15) is 0 Å². The molecule has 0 bridgehead atoms. The molecule has 2 aromatic heterocycles. The molecule has 0 aliphatic rings. The van der Waals surface area contributed by atoms with Crippen LogP contribution < -0.4 is 4.74 Å². The lowest BCUT2D eigenvalue weighted by Crippen LogP contribution is -2.22. The number of benzene rings is 1. The van der Waals surface area contributed by atoms with Crippen molar-refractivity contribution in [2.24, 2.45) is 0 Å². The molecular weight excluding hydrogens is 280 g/mol. The van der Waals surface area contributed by atoms with Gasteiger partial charge in [0, 0.05) is 29.6 Å². The maximum atomic E-state index is 10.7. The number of ether oxygens (including phenoxy) is 1. The molecule has 1 N–H and O–H groups in total. The molecule has 0 aliphatic heterocycles. The van der Waals surface area contributed by atoms with Crippen LogP contribution in [-0.4, -0.2) is 22.4 Å². The second-order valence-corrected chi connectivity index (χ2v) is 5.12. The van der Waals surface area contributed by atoms with Gasteiger partial charge in [-0.1, -0.05) is 11.2 Å². The fourth-order valence-corrected chi connectivity index (χ4v) is 2.20. The summed E-state index contributed by atoms with van der Waals surface area (Å²) in [6.45, 7) is 1.66. The Morgan fingerprint density at radius 3 is 2.59 bits per heavy atom. The van der Waals surface area contributed by atoms with Gasteiger partial charge < -0.3 is 14.4 Å². The van der Waals surface area contributed by atoms with Crippen LogP contribution in [-0.2, 0) is 5.60 Å². The van der Waals surface area contributed by atoms with Crippen molar-refractivity contribution in [3.8, 4) is 17.0 Å². The first-order valence-electron chi connectivity index (χ1n) is 6.86. The molecule has 0 amide bonds. The summed E-state index contributed by atoms with van der Waals surface area (Å²) < 4.78 is 10.5. The minimum absolute atomic E-state index is 0.367. The minimum atomic E-state index is -1.29. The Kier molecular flexibility index (Phi) is 3.65. The van der Waals surface area contributed by atoms with Gasteiger partial charge in [0.05, 0.1) is 7.11 Å². The van der Waals surface area contributed by atoms with Crippen LogP contribution in [0.1, 0.15) is 18.2 Å². The molecular formula is C17H16N2O3. The molecule has 2 heterocycles. The second-order valence-electron chi connectivity index (χ2n) is 5.12. The SMILES string of the molecule is COc1ccc(-c2cc(C(C)(O)c3cccnc3)on2)cc1. The van der Waals surface area contributed by atoms with Gasteiger partial charge in [-0.3, -0.25) is 4.98 Å². The first-order valence-corrected chi connectivity index (χ1v) is 6.86. The lowest BCUT2D eigenvalue weighted by molar-refractivity contribution is 0.0691. The predicted molar refractivity (Wildman–Crippen MR) is 81.4 cm³/mol. The Morgan fingerprint density at radius 2 is 1.95 bits per heavy atom. The molecule has 5 heteroatoms. The Morgan fingerprint density at radius 1 is 1.18 bits per heavy atom. The normalized spacial score (nSPS) is 13.6. The number of aromatic nitrogens is 2. The van der Waals surface area contributed by atoms with Crippen LogP contribution in [0, 0.1) is 0 Å². The van der Waals surface area contributed by atoms with Gasteiger partial charge in [0.25, 0.3) is 0 Å². The smallest absolute Gasteiger partial charge is 0.173 e. The van der Waals surface area contributed by atoms with E-state index in [0.717, 1.165) is 11.3 Å². The molecule has 5 nitrogen and oxygen atoms in total. The molecule has 0 spiro atoms. The van der Waals surface area contributed by atoms with Crippen molar-refractivity contribution in [1.82, 2.24) is 10.1 Å². The third kappa shape index (κ3) is 2.58. The summed E-state index contributed by atoms with van der Waals surface area (Å²) in [5.41, 5.74) is 0.901. The fraction of sp³-hybridized carbons (Fsp3) is 0.176. The zero-order chi connectivity index (χ0) is 15.6. The van der Waals surface area contributed by atoms with Crippen LogP contribution in [0.15, 0.2) is 59.4 Å². The van der Waals surface area contributed by atoms with E-state index in [1.165, 1.54) is 0 Å². The molecule has 1 unspecified atom stereocenters. The van der Waals surface area contributed by atoms with E-state index < -0.39 is 5.60 Å². The number of hydrogen-bond donors (Lipinski definition) is 1. The molecule has 0 saturated heterocycles. The summed E-state index contributed by atoms with van der Waals surface area (Å²) in [6.07, 6.45) is 3.26. The van der Waals surface area contributed by atoms with Crippen LogP contribution in [0.4, 0.5) is 0 Å². The maximum Gasteiger partial charge on any atom is 0.173 e. The highest BCUT2D eigenvalue weighted by Crippen LogP contribution is 2.31. The average molecular weight is 296 g/mol. The van der Waals surface area contributed by atoms with Crippen LogP contribution in [0.5, 0.6) is 5.75 Å². The van der Waals surface area contributed by atoms with Crippen LogP contribution >= 0.6 is 0 Å². The summed E-state index contributed by atoms with van der Waals surface area (Å²) in [6, 6.07) is 12.8. The summed E-state index contributed by atoms with van der Waals surface area (Å²) in [4.78, 5) is 4.02. The second kappa shape index (κ2) is 5.61. The summed E-state index contributed by atoms with van der Waals surface area (Å²) in [5, 5.41) is 14.7. The maximum absolute atomic E-state index is 10.7. The Labute approximate surface area is 128 Å². The number of aliphatic hydroxyl groups is 1. The lowest BCUT2D eigenvalue weighted by Gasteiger charge is -2.19. The first-order chi connectivity index (χ1) is 10.6. The van der Waals surface area contributed by atoms with Gasteiger partial charge in [-0.15, -0.1) is 0 Å². The number of hydrogen-bond acceptors (Lipinski definition) is 5. The molecule has 0 fully saturated rings. The van der Waals surface area contributed by atoms with Gasteiger partial charge in [-0.05, 0) is 37.3 Å². The Balaban J connectivity index is 1.93. The molecule has 0 saturated carbocycles. The zero-order valence-electron chi connectivity index (χ0n) is 12.4. The van der Waals surface area contributed by atoms with E-state index in [1.54, 1.807) is 44.6 Å². The van der Waals surface area contributed by atoms with E-state index in [-0.39, 0.29) is 0 Å². The number of rotatable bonds is 4. The summed E-state index contributed by atoms with van der Waals surface area (Å²) in [7, 11) is 1.62. The average Bonchev–Trinajstić information content (AvgIpc) is 3.06. The predicted octanol–water partition coefficient (Wildman–Crippen LogP) is 3.00. The van der Waals surface area contributed by atoms with Crippen LogP contribution in [0.2, 0.25) is 0 Å². The lowest BCUT2D eigenvalue weighted by atomic mass is 9.94. The molecule has 1 atom stereocenters. The largest absolute Gasteiger partial charge is 0.497 e. The highest BCUT2D eigenvalue weighted by Gasteiger charge is 2.30. The van der Waals surface area contributed by atoms with Crippen molar-refractivity contribution < 1.29 is 14.4 Å². The molecule has 1 aromatic carbocycles. The van der Waals surface area contributed by atoms with E-state index in [9.17, 15) is 5.11 Å². The molecule has 0 aliphatic carbocycles. The zero-order valence-corrected chi connectivity index (χ0v) is 12.4. The summed E-state index contributed by atoms with van der Waals surface area (Å²) >= 11 is 0. The number of methoxy groups -OCH3 is 1. The molecule has 3 rings (SSSR count). The number of nitrogens with zero attached hydrogens (tertiary/aromatic N) is 2. The Bertz CT molecular complexity index is 749. The van der Waals surface area contributed by atoms with E-state index in [2.05, 4.69) is 10.1 Å². The summed E-state index contributed by atoms with van der Waals surface area (Å²) in [5.74, 6) is 1.14. The van der Waals surface area contributed by atoms with Gasteiger partial charge in [-0.25, -0.2) is 0 Å². The van der Waals surface area contributed by atoms with E-state index in [4.69, 9.17) is 9.26 Å². The third-order valence-corrected chi connectivity index (χ3v) is 3.60. The van der Waals surface area contributed by atoms with Crippen molar-refractivity contribution in [1.29, 1.82) is 0 Å². The topological polar surface area (TPSA) is 68.4 Å². The molecule has 0 radical (unpaired) electrons. The van der Waals surface area contributed by atoms with Crippen molar-refractivity contribution in [2.75, 3.05) is 7.11 Å². The fourth-order valence-electron chi connectivity index (χ4n) is 2.20. The first kappa shape index (κ1) is 14.3. The number of pyridine rings is 1. The van der Waals surface area contributed by atoms with Crippen molar-refractivity contribution in [3.05, 3.63) is 66.2 Å². The quantitative estimate of drug-likeness (QED) is 0.801. The van der Waals surface area contributed by atoms with Crippen molar-refractivity contribution in [3.63, 3.8) is 0 Å². The highest BCUT2D eigenvalue weighted by atomic mass is 16.5. The van der Waals surface area contributed by atoms with E-state index >= 15 is 0 Å². The van der Waals surface area contributed by atoms with E-state index in [0.29, 0.717) is 17.0 Å². The van der Waals surface area contributed by atoms with Crippen molar-refractivity contribution in [2.45, 2.75) is 12.5 Å². The molecule has 112 valence electrons. The van der Waals surface area contributed by atoms with Crippen LogP contribution in [0.3, 0.4) is 0 Å². The molecule has 22 heavy (non-hydrogen) atoms. The van der Waals surface area contributed by atoms with Crippen molar-refractivity contribution >= 4 is 0 Å². The van der Waals surface area contributed by atoms with Gasteiger partial charge in [0.1, 0.15) is 17.0 Å². The third-order valence-electron chi connectivity index (χ3n) is 3.60. The van der Waals surface area contributed by atoms with Crippen LogP contribution in [0.25, 0.3) is 11.3 Å². The Hall–Kier alpha value is -2.66. The van der Waals surface area contributed by atoms with Gasteiger partial charge >= 0.3 is 0 Å². The molecule has 3 aromatic rings. The van der Waals surface area contributed by atoms with E-state index in [1.807, 2.05) is 24.3 Å². The highest BCUT2D eigenvalue weighted by molar-refractivity contribution is 5.60. The minimum Gasteiger partial charge on any atom is -0.497 e. The monoisotopic (exact) mass is 296 g/mol. The van der Waals surface area contributed by atoms with Gasteiger partial charge in [0.2, 0.25) is 0 Å². The van der Waals surface area contributed by atoms with Gasteiger partial charge in [0.15, 0.2) is 5.76 Å². The standard InChI is InChI=1S/C17H16N2O3/c1-17(20,13-4-3-9-18-11-13)16-10-15(19-22-16)12-5-7-14(21-2)8-6-12/h3-11,20H,1-2H3.